The summed E-state index contributed by atoms with van der Waals surface area (Å²) in [6.07, 6.45) is 3.29. The van der Waals surface area contributed by atoms with E-state index in [0.29, 0.717) is 0 Å². The fraction of sp³-hybridized carbons (Fsp3) is 0.256. The van der Waals surface area contributed by atoms with Gasteiger partial charge in [0.2, 0.25) is 0 Å². The first kappa shape index (κ1) is 44.8. The molecule has 0 heterocycles. The summed E-state index contributed by atoms with van der Waals surface area (Å²) in [6, 6.07) is 36.4. The Bertz CT molecular complexity index is 1740. The van der Waals surface area contributed by atoms with E-state index < -0.39 is 0 Å². The number of rotatable bonds is 5. The predicted octanol–water partition coefficient (Wildman–Crippen LogP) is 13.2. The number of benzene rings is 4. The second kappa shape index (κ2) is 23.2. The third kappa shape index (κ3) is 12.0. The standard InChI is InChI=1S/C20H21.C19H19.2C2H5.2ClH.Si.Zr/c1-4-15-6-8-17(9-7-15)19-11-14(3)10-18-12-16(5-2)13-20(18)19;1-4-15-5-7-16(8-6-15)18-11-13(2)9-17-10-14(3)12-19(17)18;2*1-2;;;;/h6-13H,4-5H2,1-3H3;5-12H,4H2,1-3H3;2*1H2,2H3;2*1H;;/q4*-1;;;;. The van der Waals surface area contributed by atoms with Gasteiger partial charge >= 0.3 is 30.2 Å². The molecule has 0 aliphatic rings. The van der Waals surface area contributed by atoms with E-state index >= 15 is 0 Å². The van der Waals surface area contributed by atoms with Gasteiger partial charge in [-0.15, -0.1) is 81.8 Å². The van der Waals surface area contributed by atoms with Crippen molar-refractivity contribution in [2.45, 2.75) is 74.7 Å². The molecule has 0 nitrogen and oxygen atoms in total. The molecule has 0 atom stereocenters. The molecule has 0 spiro atoms. The number of aryl methyl sites for hydroxylation is 6. The summed E-state index contributed by atoms with van der Waals surface area (Å²) in [5.41, 5.74) is 13.6. The Morgan fingerprint density at radius 3 is 1.30 bits per heavy atom. The van der Waals surface area contributed by atoms with Crippen molar-refractivity contribution in [3.05, 3.63) is 144 Å². The summed E-state index contributed by atoms with van der Waals surface area (Å²) < 4.78 is 0. The molecule has 0 aliphatic heterocycles. The van der Waals surface area contributed by atoms with Crippen molar-refractivity contribution < 1.29 is 23.3 Å². The average molecular weight is 759 g/mol. The van der Waals surface area contributed by atoms with E-state index in [9.17, 15) is 0 Å². The summed E-state index contributed by atoms with van der Waals surface area (Å²) in [5.74, 6) is 0. The Balaban J connectivity index is 0.000000750. The number of hydrogen-bond donors (Lipinski definition) is 0. The van der Waals surface area contributed by atoms with Crippen LogP contribution in [0.25, 0.3) is 43.8 Å². The molecule has 4 heteroatoms. The summed E-state index contributed by atoms with van der Waals surface area (Å²) >= 11 is 1.36. The molecule has 0 saturated carbocycles. The number of fused-ring (bicyclic) bond motifs is 2. The van der Waals surface area contributed by atoms with Crippen LogP contribution >= 0.6 is 24.8 Å². The fourth-order valence-corrected chi connectivity index (χ4v) is 5.68. The van der Waals surface area contributed by atoms with Crippen LogP contribution in [0.5, 0.6) is 0 Å². The number of halogens is 2. The van der Waals surface area contributed by atoms with E-state index in [1.165, 1.54) is 101 Å². The maximum absolute atomic E-state index is 3.25. The second-order valence-electron chi connectivity index (χ2n) is 11.0. The van der Waals surface area contributed by atoms with Crippen molar-refractivity contribution in [3.63, 3.8) is 0 Å². The Morgan fingerprint density at radius 2 is 0.915 bits per heavy atom. The Hall–Kier alpha value is -2.22. The molecule has 0 unspecified atom stereocenters. The van der Waals surface area contributed by atoms with Crippen molar-refractivity contribution in [1.29, 1.82) is 0 Å². The summed E-state index contributed by atoms with van der Waals surface area (Å²) in [5, 5.41) is 5.48. The average Bonchev–Trinajstić information content (AvgIpc) is 3.69. The molecule has 6 rings (SSSR count). The van der Waals surface area contributed by atoms with Crippen LogP contribution in [0.15, 0.2) is 97.1 Å². The van der Waals surface area contributed by atoms with Gasteiger partial charge in [-0.1, -0.05) is 111 Å². The van der Waals surface area contributed by atoms with E-state index in [2.05, 4.69) is 159 Å². The first-order valence-electron chi connectivity index (χ1n) is 16.1. The summed E-state index contributed by atoms with van der Waals surface area (Å²) in [7, 11) is 0. The van der Waals surface area contributed by atoms with Gasteiger partial charge < -0.3 is 13.8 Å². The summed E-state index contributed by atoms with van der Waals surface area (Å²) in [4.78, 5) is 0. The minimum atomic E-state index is 0. The Morgan fingerprint density at radius 1 is 0.532 bits per heavy atom. The van der Waals surface area contributed by atoms with E-state index in [4.69, 9.17) is 0 Å². The maximum atomic E-state index is 3.25. The molecule has 47 heavy (non-hydrogen) atoms. The quantitative estimate of drug-likeness (QED) is 0.121. The van der Waals surface area contributed by atoms with Gasteiger partial charge in [0.1, 0.15) is 0 Å². The zero-order chi connectivity index (χ0) is 33.5. The molecule has 2 radical (unpaired) electrons. The molecule has 250 valence electrons. The van der Waals surface area contributed by atoms with Gasteiger partial charge in [0.25, 0.3) is 0 Å². The zero-order valence-corrected chi connectivity index (χ0v) is 34.7. The molecule has 6 aromatic rings. The van der Waals surface area contributed by atoms with Crippen molar-refractivity contribution in [2.24, 2.45) is 0 Å². The van der Waals surface area contributed by atoms with E-state index in [0.717, 1.165) is 19.3 Å². The SMILES string of the molecule is CCc1ccc(-c2cc(C)cc3[cH-]c(C)cc23)cc1.CCc1ccc(-c2cc(C)cc3[cH-]c(CC)cc23)cc1.Cl.Cl.[CH2-]C.[CH2-]C.[Si]=[Zr]. The van der Waals surface area contributed by atoms with Crippen LogP contribution in [0.3, 0.4) is 0 Å². The van der Waals surface area contributed by atoms with Crippen LogP contribution in [0.1, 0.15) is 68.0 Å². The van der Waals surface area contributed by atoms with Crippen LogP contribution in [-0.2, 0) is 42.6 Å². The van der Waals surface area contributed by atoms with Crippen molar-refractivity contribution in [2.75, 3.05) is 0 Å². The molecule has 0 bridgehead atoms. The van der Waals surface area contributed by atoms with Crippen LogP contribution < -0.4 is 0 Å². The molecule has 0 aliphatic carbocycles. The number of hydrogen-bond acceptors (Lipinski definition) is 0. The van der Waals surface area contributed by atoms with E-state index in [1.807, 2.05) is 0 Å². The zero-order valence-electron chi connectivity index (χ0n) is 29.6. The molecular formula is C43H52Cl2SiZr-4. The van der Waals surface area contributed by atoms with Crippen LogP contribution in [0, 0.1) is 34.6 Å². The van der Waals surface area contributed by atoms with E-state index in [1.54, 1.807) is 13.8 Å². The van der Waals surface area contributed by atoms with Gasteiger partial charge in [-0.25, -0.2) is 0 Å². The van der Waals surface area contributed by atoms with Crippen molar-refractivity contribution >= 4 is 53.2 Å². The van der Waals surface area contributed by atoms with Crippen LogP contribution in [0.4, 0.5) is 0 Å². The second-order valence-corrected chi connectivity index (χ2v) is 11.0. The Labute approximate surface area is 315 Å². The molecule has 0 N–H and O–H groups in total. The molecule has 0 amide bonds. The monoisotopic (exact) mass is 756 g/mol. The molecule has 6 aromatic carbocycles. The van der Waals surface area contributed by atoms with Crippen LogP contribution in [-0.4, -0.2) is 6.88 Å². The first-order valence-corrected chi connectivity index (χ1v) is 20.3. The summed E-state index contributed by atoms with van der Waals surface area (Å²) in [6.45, 7) is 26.2. The van der Waals surface area contributed by atoms with Gasteiger partial charge in [0.05, 0.1) is 0 Å². The molecule has 0 saturated heterocycles. The third-order valence-electron chi connectivity index (χ3n) is 7.89. The third-order valence-corrected chi connectivity index (χ3v) is 7.89. The first-order chi connectivity index (χ1) is 21.9. The minimum absolute atomic E-state index is 0. The Kier molecular flexibility index (Phi) is 22.1. The van der Waals surface area contributed by atoms with Gasteiger partial charge in [-0.3, -0.25) is 0 Å². The van der Waals surface area contributed by atoms with Crippen molar-refractivity contribution in [3.8, 4) is 22.3 Å². The van der Waals surface area contributed by atoms with Gasteiger partial charge in [0, 0.05) is 0 Å². The van der Waals surface area contributed by atoms with Gasteiger partial charge in [-0.2, -0.15) is 26.0 Å². The molecule has 0 aromatic heterocycles. The van der Waals surface area contributed by atoms with Gasteiger partial charge in [0.15, 0.2) is 0 Å². The topological polar surface area (TPSA) is 0 Å². The molecular weight excluding hydrogens is 707 g/mol. The van der Waals surface area contributed by atoms with Gasteiger partial charge in [-0.05, 0) is 55.4 Å². The van der Waals surface area contributed by atoms with Crippen molar-refractivity contribution in [1.82, 2.24) is 0 Å². The molecule has 0 fully saturated rings. The van der Waals surface area contributed by atoms with E-state index in [-0.39, 0.29) is 24.8 Å². The normalized spacial score (nSPS) is 9.55. The van der Waals surface area contributed by atoms with Crippen LogP contribution in [0.2, 0.25) is 0 Å². The predicted molar refractivity (Wildman–Crippen MR) is 215 cm³/mol. The fourth-order valence-electron chi connectivity index (χ4n) is 5.68.